The van der Waals surface area contributed by atoms with Crippen LogP contribution in [0.1, 0.15) is 34.1 Å². The smallest absolute Gasteiger partial charge is 0.335 e. The highest BCUT2D eigenvalue weighted by Gasteiger charge is 2.29. The van der Waals surface area contributed by atoms with Gasteiger partial charge in [0.1, 0.15) is 0 Å². The van der Waals surface area contributed by atoms with E-state index in [0.717, 1.165) is 0 Å². The van der Waals surface area contributed by atoms with Crippen molar-refractivity contribution in [3.63, 3.8) is 0 Å². The molecule has 0 spiro atoms. The number of esters is 2. The van der Waals surface area contributed by atoms with E-state index in [2.05, 4.69) is 9.47 Å². The lowest BCUT2D eigenvalue weighted by molar-refractivity contribution is -0.218. The Morgan fingerprint density at radius 2 is 1.65 bits per heavy atom. The predicted octanol–water partition coefficient (Wildman–Crippen LogP) is 0.862. The molecule has 0 fully saturated rings. The van der Waals surface area contributed by atoms with Crippen molar-refractivity contribution in [3.8, 4) is 0 Å². The third kappa shape index (κ3) is 9.77. The second-order valence-electron chi connectivity index (χ2n) is 3.36. The van der Waals surface area contributed by atoms with Gasteiger partial charge >= 0.3 is 11.9 Å². The molecule has 1 N–H and O–H groups in total. The number of aliphatic hydroxyl groups is 1. The summed E-state index contributed by atoms with van der Waals surface area (Å²) in [5, 5.41) is 9.34. The Balaban J connectivity index is 0. The average molecular weight is 250 g/mol. The first-order valence-electron chi connectivity index (χ1n) is 5.35. The van der Waals surface area contributed by atoms with Crippen LogP contribution in [0.3, 0.4) is 0 Å². The van der Waals surface area contributed by atoms with E-state index in [9.17, 15) is 14.7 Å². The Bertz CT molecular complexity index is 231. The first-order chi connectivity index (χ1) is 7.80. The number of hydrogen-bond donors (Lipinski definition) is 1. The van der Waals surface area contributed by atoms with Gasteiger partial charge < -0.3 is 19.3 Å². The highest BCUT2D eigenvalue weighted by molar-refractivity contribution is 5.81. The van der Waals surface area contributed by atoms with Crippen molar-refractivity contribution in [1.82, 2.24) is 0 Å². The van der Waals surface area contributed by atoms with Gasteiger partial charge in [0.05, 0.1) is 20.6 Å². The van der Waals surface area contributed by atoms with Crippen molar-refractivity contribution >= 4 is 11.9 Å². The van der Waals surface area contributed by atoms with Crippen LogP contribution in [0, 0.1) is 0 Å². The standard InChI is InChI=1S/C9H16O6.C2H6/c1-9(2,12)15-6(8(11)14-4)5-7(10)13-3;1-2/h6,12H,5H2,1-4H3;1-2H3. The van der Waals surface area contributed by atoms with Crippen molar-refractivity contribution in [3.05, 3.63) is 0 Å². The minimum atomic E-state index is -1.52. The SMILES string of the molecule is CC.COC(=O)CC(OC(C)(C)O)C(=O)OC. The lowest BCUT2D eigenvalue weighted by Gasteiger charge is -2.23. The molecule has 0 saturated heterocycles. The van der Waals surface area contributed by atoms with Crippen LogP contribution in [-0.4, -0.2) is 43.2 Å². The van der Waals surface area contributed by atoms with E-state index in [1.54, 1.807) is 0 Å². The van der Waals surface area contributed by atoms with Crippen LogP contribution in [0.25, 0.3) is 0 Å². The van der Waals surface area contributed by atoms with E-state index in [1.165, 1.54) is 28.1 Å². The molecule has 1 unspecified atom stereocenters. The van der Waals surface area contributed by atoms with Gasteiger partial charge in [-0.1, -0.05) is 13.8 Å². The van der Waals surface area contributed by atoms with E-state index in [-0.39, 0.29) is 6.42 Å². The number of ether oxygens (including phenoxy) is 3. The molecule has 0 aromatic heterocycles. The molecular weight excluding hydrogens is 228 g/mol. The maximum absolute atomic E-state index is 11.2. The zero-order chi connectivity index (χ0) is 14.1. The Hall–Kier alpha value is -1.14. The summed E-state index contributed by atoms with van der Waals surface area (Å²) in [7, 11) is 2.36. The van der Waals surface area contributed by atoms with Gasteiger partial charge in [-0.05, 0) is 13.8 Å². The van der Waals surface area contributed by atoms with Crippen LogP contribution in [-0.2, 0) is 23.8 Å². The fourth-order valence-corrected chi connectivity index (χ4v) is 0.887. The van der Waals surface area contributed by atoms with Gasteiger partial charge in [-0.3, -0.25) is 4.79 Å². The predicted molar refractivity (Wildman–Crippen MR) is 61.2 cm³/mol. The number of carbonyl (C=O) groups excluding carboxylic acids is 2. The molecule has 0 saturated carbocycles. The summed E-state index contributed by atoms with van der Waals surface area (Å²) in [4.78, 5) is 22.1. The third-order valence-corrected chi connectivity index (χ3v) is 1.47. The van der Waals surface area contributed by atoms with Gasteiger partial charge in [0.2, 0.25) is 0 Å². The Morgan fingerprint density at radius 3 is 1.94 bits per heavy atom. The van der Waals surface area contributed by atoms with Crippen LogP contribution in [0.4, 0.5) is 0 Å². The van der Waals surface area contributed by atoms with Crippen molar-refractivity contribution in [2.45, 2.75) is 46.0 Å². The average Bonchev–Trinajstić information content (AvgIpc) is 2.27. The lowest BCUT2D eigenvalue weighted by Crippen LogP contribution is -2.37. The molecule has 0 amide bonds. The van der Waals surface area contributed by atoms with Gasteiger partial charge in [0.15, 0.2) is 11.9 Å². The molecule has 0 bridgehead atoms. The minimum absolute atomic E-state index is 0.298. The summed E-state index contributed by atoms with van der Waals surface area (Å²) in [5.41, 5.74) is 0. The summed E-state index contributed by atoms with van der Waals surface area (Å²) in [6.45, 7) is 6.69. The Morgan fingerprint density at radius 1 is 1.18 bits per heavy atom. The first kappa shape index (κ1) is 18.2. The van der Waals surface area contributed by atoms with Crippen LogP contribution in [0.5, 0.6) is 0 Å². The van der Waals surface area contributed by atoms with Crippen LogP contribution in [0.2, 0.25) is 0 Å². The zero-order valence-electron chi connectivity index (χ0n) is 11.3. The fourth-order valence-electron chi connectivity index (χ4n) is 0.887. The van der Waals surface area contributed by atoms with Crippen LogP contribution < -0.4 is 0 Å². The number of methoxy groups -OCH3 is 2. The van der Waals surface area contributed by atoms with Gasteiger partial charge in [0.25, 0.3) is 0 Å². The lowest BCUT2D eigenvalue weighted by atomic mass is 10.2. The second-order valence-corrected chi connectivity index (χ2v) is 3.36. The molecule has 0 rings (SSSR count). The quantitative estimate of drug-likeness (QED) is 0.575. The zero-order valence-corrected chi connectivity index (χ0v) is 11.3. The summed E-state index contributed by atoms with van der Waals surface area (Å²) in [6, 6.07) is 0. The third-order valence-electron chi connectivity index (χ3n) is 1.47. The minimum Gasteiger partial charge on any atom is -0.469 e. The van der Waals surface area contributed by atoms with Gasteiger partial charge in [-0.2, -0.15) is 0 Å². The van der Waals surface area contributed by atoms with E-state index in [4.69, 9.17) is 4.74 Å². The molecule has 0 aliphatic rings. The molecule has 0 heterocycles. The molecule has 102 valence electrons. The molecule has 1 atom stereocenters. The van der Waals surface area contributed by atoms with Gasteiger partial charge in [-0.15, -0.1) is 0 Å². The molecule has 0 aliphatic heterocycles. The molecule has 6 heteroatoms. The van der Waals surface area contributed by atoms with Crippen LogP contribution >= 0.6 is 0 Å². The summed E-state index contributed by atoms with van der Waals surface area (Å²) in [6.07, 6.45) is -1.46. The summed E-state index contributed by atoms with van der Waals surface area (Å²) >= 11 is 0. The molecule has 0 radical (unpaired) electrons. The maximum Gasteiger partial charge on any atom is 0.335 e. The monoisotopic (exact) mass is 250 g/mol. The highest BCUT2D eigenvalue weighted by Crippen LogP contribution is 2.12. The highest BCUT2D eigenvalue weighted by atomic mass is 16.6. The maximum atomic E-state index is 11.2. The molecule has 0 aliphatic carbocycles. The fraction of sp³-hybridized carbons (Fsp3) is 0.818. The molecular formula is C11H22O6. The van der Waals surface area contributed by atoms with Crippen molar-refractivity contribution in [2.75, 3.05) is 14.2 Å². The topological polar surface area (TPSA) is 82.1 Å². The van der Waals surface area contributed by atoms with E-state index >= 15 is 0 Å². The molecule has 0 aromatic carbocycles. The van der Waals surface area contributed by atoms with Crippen molar-refractivity contribution in [2.24, 2.45) is 0 Å². The number of carbonyl (C=O) groups is 2. The summed E-state index contributed by atoms with van der Waals surface area (Å²) < 4.78 is 13.7. The van der Waals surface area contributed by atoms with Crippen LogP contribution in [0.15, 0.2) is 0 Å². The summed E-state index contributed by atoms with van der Waals surface area (Å²) in [5.74, 6) is -2.87. The molecule has 6 nitrogen and oxygen atoms in total. The van der Waals surface area contributed by atoms with E-state index < -0.39 is 23.8 Å². The van der Waals surface area contributed by atoms with E-state index in [1.807, 2.05) is 13.8 Å². The van der Waals surface area contributed by atoms with E-state index in [0.29, 0.717) is 0 Å². The number of hydrogen-bond acceptors (Lipinski definition) is 6. The largest absolute Gasteiger partial charge is 0.469 e. The molecule has 17 heavy (non-hydrogen) atoms. The van der Waals surface area contributed by atoms with Crippen molar-refractivity contribution < 1.29 is 28.9 Å². The van der Waals surface area contributed by atoms with Crippen molar-refractivity contribution in [1.29, 1.82) is 0 Å². The first-order valence-corrected chi connectivity index (χ1v) is 5.35. The number of rotatable bonds is 5. The van der Waals surface area contributed by atoms with Gasteiger partial charge in [0, 0.05) is 0 Å². The normalized spacial score (nSPS) is 11.9. The Kier molecular flexibility index (Phi) is 9.60. The Labute approximate surface area is 102 Å². The molecule has 0 aromatic rings. The second kappa shape index (κ2) is 8.95. The van der Waals surface area contributed by atoms with Gasteiger partial charge in [-0.25, -0.2) is 4.79 Å².